The normalized spacial score (nSPS) is 12.9. The van der Waals surface area contributed by atoms with Gasteiger partial charge in [0, 0.05) is 22.6 Å². The fourth-order valence-electron chi connectivity index (χ4n) is 1.18. The number of H-pyrrole nitrogens is 1. The van der Waals surface area contributed by atoms with Gasteiger partial charge in [-0.2, -0.15) is 0 Å². The number of aromatic nitrogens is 1. The largest absolute Gasteiger partial charge is 0.351 e. The van der Waals surface area contributed by atoms with Gasteiger partial charge in [-0.05, 0) is 19.1 Å². The van der Waals surface area contributed by atoms with Crippen LogP contribution in [0.2, 0.25) is 0 Å². The van der Waals surface area contributed by atoms with Crippen molar-refractivity contribution in [3.05, 3.63) is 33.4 Å². The van der Waals surface area contributed by atoms with Crippen molar-refractivity contribution in [3.63, 3.8) is 0 Å². The van der Waals surface area contributed by atoms with Crippen molar-refractivity contribution >= 4 is 30.2 Å². The van der Waals surface area contributed by atoms with Gasteiger partial charge in [0.25, 0.3) is 5.91 Å². The van der Waals surface area contributed by atoms with Crippen LogP contribution in [0.4, 0.5) is 0 Å². The van der Waals surface area contributed by atoms with E-state index in [1.807, 2.05) is 6.92 Å². The fraction of sp³-hybridized carbons (Fsp3) is 0.182. The molecule has 0 aromatic carbocycles. The summed E-state index contributed by atoms with van der Waals surface area (Å²) in [5.41, 5.74) is 5.46. The van der Waals surface area contributed by atoms with Crippen LogP contribution in [0.15, 0.2) is 17.2 Å². The number of hydrogen-bond acceptors (Lipinski definition) is 2. The molecule has 0 unspecified atom stereocenters. The van der Waals surface area contributed by atoms with Crippen LogP contribution in [0.1, 0.15) is 17.4 Å². The first-order valence-electron chi connectivity index (χ1n) is 4.77. The van der Waals surface area contributed by atoms with E-state index < -0.39 is 0 Å². The maximum Gasteiger partial charge on any atom is 0.281 e. The Morgan fingerprint density at radius 2 is 2.31 bits per heavy atom. The summed E-state index contributed by atoms with van der Waals surface area (Å²) in [5.74, 6) is -0.247. The zero-order chi connectivity index (χ0) is 12.1. The summed E-state index contributed by atoms with van der Waals surface area (Å²) in [5, 5.41) is 2.05. The summed E-state index contributed by atoms with van der Waals surface area (Å²) in [6, 6.07) is 1.70. The maximum atomic E-state index is 11.5. The van der Waals surface area contributed by atoms with Crippen molar-refractivity contribution < 1.29 is 4.79 Å². The lowest BCUT2D eigenvalue weighted by Crippen LogP contribution is -2.34. The Morgan fingerprint density at radius 3 is 2.88 bits per heavy atom. The summed E-state index contributed by atoms with van der Waals surface area (Å²) in [6.07, 6.45) is 3.51. The van der Waals surface area contributed by atoms with Crippen LogP contribution in [0.25, 0.3) is 12.7 Å². The number of rotatable bonds is 3. The van der Waals surface area contributed by atoms with Crippen molar-refractivity contribution in [2.24, 2.45) is 0 Å². The molecule has 0 fully saturated rings. The summed E-state index contributed by atoms with van der Waals surface area (Å²) < 4.78 is 0. The lowest BCUT2D eigenvalue weighted by Gasteiger charge is -1.98. The Labute approximate surface area is 98.7 Å². The van der Waals surface area contributed by atoms with Crippen molar-refractivity contribution in [2.45, 2.75) is 6.92 Å². The van der Waals surface area contributed by atoms with Gasteiger partial charge in [-0.25, -0.2) is 5.43 Å². The Morgan fingerprint density at radius 1 is 1.62 bits per heavy atom. The van der Waals surface area contributed by atoms with E-state index in [9.17, 15) is 4.79 Å². The molecule has 0 spiro atoms. The van der Waals surface area contributed by atoms with Gasteiger partial charge in [0.15, 0.2) is 0 Å². The molecule has 0 saturated carbocycles. The van der Waals surface area contributed by atoms with Crippen molar-refractivity contribution in [2.75, 3.05) is 7.05 Å². The Bertz CT molecular complexity index is 516. The lowest BCUT2D eigenvalue weighted by atomic mass is 10.3. The molecule has 4 nitrogen and oxygen atoms in total. The molecule has 0 saturated heterocycles. The second-order valence-electron chi connectivity index (χ2n) is 3.14. The molecular formula is C11H14ClN3O. The summed E-state index contributed by atoms with van der Waals surface area (Å²) in [6.45, 7) is 5.63. The molecular weight excluding hydrogens is 226 g/mol. The van der Waals surface area contributed by atoms with Gasteiger partial charge in [0.1, 0.15) is 5.69 Å². The number of aromatic amines is 1. The standard InChI is InChI=1S/C11H14ClN3O/c1-4-9(12)5-8-6-10(14-7(8)2)11(16)15-13-3/h4-6,13-14H,2H2,1,3H3,(H,15,16)/b8-5-,9-4+. The number of hydrogen-bond donors (Lipinski definition) is 3. The van der Waals surface area contributed by atoms with Crippen LogP contribution >= 0.6 is 11.6 Å². The predicted octanol–water partition coefficient (Wildman–Crippen LogP) is 0.212. The highest BCUT2D eigenvalue weighted by Gasteiger charge is 2.05. The number of carbonyl (C=O) groups is 1. The quantitative estimate of drug-likeness (QED) is 0.661. The maximum absolute atomic E-state index is 11.5. The first-order valence-corrected chi connectivity index (χ1v) is 5.15. The second kappa shape index (κ2) is 5.53. The number of carbonyl (C=O) groups excluding carboxylic acids is 1. The molecule has 5 heteroatoms. The topological polar surface area (TPSA) is 56.9 Å². The minimum atomic E-state index is -0.247. The molecule has 0 aliphatic heterocycles. The smallest absolute Gasteiger partial charge is 0.281 e. The fourth-order valence-corrected chi connectivity index (χ4v) is 1.29. The number of nitrogens with one attached hydrogen (secondary N) is 3. The van der Waals surface area contributed by atoms with E-state index in [4.69, 9.17) is 11.6 Å². The zero-order valence-corrected chi connectivity index (χ0v) is 9.98. The lowest BCUT2D eigenvalue weighted by molar-refractivity contribution is 0.0933. The Kier molecular flexibility index (Phi) is 4.34. The van der Waals surface area contributed by atoms with Crippen LogP contribution in [-0.2, 0) is 0 Å². The van der Waals surface area contributed by atoms with Gasteiger partial charge in [-0.15, -0.1) is 0 Å². The molecule has 0 bridgehead atoms. The van der Waals surface area contributed by atoms with Gasteiger partial charge >= 0.3 is 0 Å². The third-order valence-electron chi connectivity index (χ3n) is 1.99. The van der Waals surface area contributed by atoms with E-state index in [1.54, 1.807) is 25.3 Å². The predicted molar refractivity (Wildman–Crippen MR) is 66.2 cm³/mol. The van der Waals surface area contributed by atoms with Gasteiger partial charge in [-0.3, -0.25) is 10.2 Å². The van der Waals surface area contributed by atoms with Crippen molar-refractivity contribution in [1.29, 1.82) is 0 Å². The Balaban J connectivity index is 3.13. The van der Waals surface area contributed by atoms with Crippen LogP contribution in [0.5, 0.6) is 0 Å². The van der Waals surface area contributed by atoms with Crippen molar-refractivity contribution in [1.82, 2.24) is 15.8 Å². The van der Waals surface area contributed by atoms with Crippen LogP contribution < -0.4 is 21.4 Å². The third-order valence-corrected chi connectivity index (χ3v) is 2.31. The molecule has 0 radical (unpaired) electrons. The van der Waals surface area contributed by atoms with Gasteiger partial charge < -0.3 is 4.98 Å². The molecule has 16 heavy (non-hydrogen) atoms. The van der Waals surface area contributed by atoms with E-state index in [0.29, 0.717) is 16.1 Å². The monoisotopic (exact) mass is 239 g/mol. The Hall–Kier alpha value is -1.52. The van der Waals surface area contributed by atoms with E-state index in [0.717, 1.165) is 5.22 Å². The molecule has 1 aromatic heterocycles. The third kappa shape index (κ3) is 2.98. The first-order chi connectivity index (χ1) is 7.58. The molecule has 1 aromatic rings. The number of hydrazine groups is 1. The average Bonchev–Trinajstić information content (AvgIpc) is 2.61. The van der Waals surface area contributed by atoms with E-state index >= 15 is 0 Å². The second-order valence-corrected chi connectivity index (χ2v) is 3.58. The molecule has 1 amide bonds. The number of halogens is 1. The van der Waals surface area contributed by atoms with Gasteiger partial charge in [0.05, 0.1) is 0 Å². The molecule has 0 aliphatic rings. The minimum absolute atomic E-state index is 0.247. The van der Waals surface area contributed by atoms with E-state index in [1.165, 1.54) is 0 Å². The summed E-state index contributed by atoms with van der Waals surface area (Å²) >= 11 is 5.87. The van der Waals surface area contributed by atoms with Crippen LogP contribution in [0, 0.1) is 0 Å². The number of allylic oxidation sites excluding steroid dienone is 2. The van der Waals surface area contributed by atoms with Crippen LogP contribution in [-0.4, -0.2) is 17.9 Å². The average molecular weight is 240 g/mol. The molecule has 86 valence electrons. The summed E-state index contributed by atoms with van der Waals surface area (Å²) in [7, 11) is 1.62. The van der Waals surface area contributed by atoms with Crippen molar-refractivity contribution in [3.8, 4) is 0 Å². The van der Waals surface area contributed by atoms with Gasteiger partial charge in [0.2, 0.25) is 0 Å². The van der Waals surface area contributed by atoms with E-state index in [2.05, 4.69) is 22.4 Å². The highest BCUT2D eigenvalue weighted by atomic mass is 35.5. The first kappa shape index (κ1) is 12.5. The van der Waals surface area contributed by atoms with Crippen LogP contribution in [0.3, 0.4) is 0 Å². The highest BCUT2D eigenvalue weighted by molar-refractivity contribution is 6.33. The van der Waals surface area contributed by atoms with E-state index in [-0.39, 0.29) is 5.91 Å². The van der Waals surface area contributed by atoms with Gasteiger partial charge in [-0.1, -0.05) is 24.3 Å². The molecule has 3 N–H and O–H groups in total. The SMILES string of the molecule is C=c1[nH]c(C(=O)NNC)c/c1=C/C(Cl)=C\C. The zero-order valence-electron chi connectivity index (χ0n) is 9.23. The number of amides is 1. The molecule has 1 rings (SSSR count). The highest BCUT2D eigenvalue weighted by Crippen LogP contribution is 2.00. The molecule has 1 heterocycles. The summed E-state index contributed by atoms with van der Waals surface area (Å²) in [4.78, 5) is 14.3. The molecule has 0 atom stereocenters. The minimum Gasteiger partial charge on any atom is -0.351 e. The molecule has 0 aliphatic carbocycles.